The Morgan fingerprint density at radius 1 is 1.41 bits per heavy atom. The second kappa shape index (κ2) is 5.61. The molecule has 0 unspecified atom stereocenters. The number of benzene rings is 1. The highest BCUT2D eigenvalue weighted by Crippen LogP contribution is 2.38. The fourth-order valence-electron chi connectivity index (χ4n) is 3.20. The number of pyridine rings is 1. The molecule has 0 aliphatic heterocycles. The highest BCUT2D eigenvalue weighted by molar-refractivity contribution is 7.89. The van der Waals surface area contributed by atoms with E-state index in [1.165, 1.54) is 0 Å². The van der Waals surface area contributed by atoms with Crippen molar-refractivity contribution < 1.29 is 13.5 Å². The third-order valence-electron chi connectivity index (χ3n) is 4.67. The first-order valence-electron chi connectivity index (χ1n) is 7.42. The van der Waals surface area contributed by atoms with Gasteiger partial charge in [0.1, 0.15) is 0 Å². The number of hydrogen-bond donors (Lipinski definition) is 2. The van der Waals surface area contributed by atoms with Gasteiger partial charge in [-0.25, -0.2) is 13.1 Å². The van der Waals surface area contributed by atoms with Crippen molar-refractivity contribution in [2.45, 2.75) is 37.1 Å². The number of aromatic nitrogens is 1. The van der Waals surface area contributed by atoms with Crippen LogP contribution in [0.5, 0.6) is 0 Å². The minimum absolute atomic E-state index is 0.0142. The molecule has 1 aromatic carbocycles. The van der Waals surface area contributed by atoms with E-state index in [2.05, 4.69) is 9.71 Å². The van der Waals surface area contributed by atoms with Crippen molar-refractivity contribution in [3.05, 3.63) is 36.7 Å². The summed E-state index contributed by atoms with van der Waals surface area (Å²) in [6.07, 6.45) is 5.75. The molecular weight excluding hydrogens is 300 g/mol. The molecule has 5 nitrogen and oxygen atoms in total. The molecule has 1 aliphatic rings. The van der Waals surface area contributed by atoms with Gasteiger partial charge in [0.05, 0.1) is 4.90 Å². The van der Waals surface area contributed by atoms with E-state index < -0.39 is 10.0 Å². The van der Waals surface area contributed by atoms with E-state index in [0.29, 0.717) is 5.39 Å². The Kier molecular flexibility index (Phi) is 3.92. The monoisotopic (exact) mass is 320 g/mol. The normalized spacial score (nSPS) is 25.6. The largest absolute Gasteiger partial charge is 0.396 e. The predicted molar refractivity (Wildman–Crippen MR) is 84.9 cm³/mol. The van der Waals surface area contributed by atoms with Crippen LogP contribution in [-0.2, 0) is 10.0 Å². The second-order valence-corrected chi connectivity index (χ2v) is 7.91. The summed E-state index contributed by atoms with van der Waals surface area (Å²) in [5, 5.41) is 11.0. The Morgan fingerprint density at radius 3 is 3.00 bits per heavy atom. The zero-order valence-electron chi connectivity index (χ0n) is 12.5. The minimum atomic E-state index is -3.64. The van der Waals surface area contributed by atoms with Crippen molar-refractivity contribution in [2.75, 3.05) is 6.61 Å². The van der Waals surface area contributed by atoms with Crippen LogP contribution in [0, 0.1) is 5.41 Å². The molecule has 0 radical (unpaired) electrons. The van der Waals surface area contributed by atoms with Crippen LogP contribution in [-0.4, -0.2) is 31.2 Å². The van der Waals surface area contributed by atoms with Gasteiger partial charge in [0, 0.05) is 41.2 Å². The summed E-state index contributed by atoms with van der Waals surface area (Å²) in [5.41, 5.74) is -0.390. The Balaban J connectivity index is 1.99. The maximum atomic E-state index is 12.8. The summed E-state index contributed by atoms with van der Waals surface area (Å²) in [5.74, 6) is 0. The first-order valence-corrected chi connectivity index (χ1v) is 8.90. The summed E-state index contributed by atoms with van der Waals surface area (Å²) < 4.78 is 28.4. The van der Waals surface area contributed by atoms with E-state index in [9.17, 15) is 13.5 Å². The van der Waals surface area contributed by atoms with Gasteiger partial charge in [0.25, 0.3) is 0 Å². The van der Waals surface area contributed by atoms with Crippen molar-refractivity contribution in [3.63, 3.8) is 0 Å². The average Bonchev–Trinajstić information content (AvgIpc) is 2.87. The number of aliphatic hydroxyl groups excluding tert-OH is 1. The zero-order valence-corrected chi connectivity index (χ0v) is 13.3. The van der Waals surface area contributed by atoms with Gasteiger partial charge >= 0.3 is 0 Å². The second-order valence-electron chi connectivity index (χ2n) is 6.23. The fraction of sp³-hybridized carbons (Fsp3) is 0.438. The van der Waals surface area contributed by atoms with Crippen molar-refractivity contribution in [2.24, 2.45) is 5.41 Å². The fourth-order valence-corrected chi connectivity index (χ4v) is 4.84. The summed E-state index contributed by atoms with van der Waals surface area (Å²) >= 11 is 0. The molecule has 3 rings (SSSR count). The Bertz CT molecular complexity index is 786. The standard InChI is InChI=1S/C16H20N2O3S/c1-16(11-19)8-3-6-15(16)18-22(20,21)14-5-2-4-12-10-17-9-7-13(12)14/h2,4-5,7,9-10,15,18-19H,3,6,8,11H2,1H3/t15-,16+/m1/s1. The average molecular weight is 320 g/mol. The van der Waals surface area contributed by atoms with Crippen molar-refractivity contribution in [1.29, 1.82) is 0 Å². The first-order chi connectivity index (χ1) is 10.5. The number of nitrogens with one attached hydrogen (secondary N) is 1. The molecular formula is C16H20N2O3S. The van der Waals surface area contributed by atoms with Gasteiger partial charge in [-0.15, -0.1) is 0 Å². The van der Waals surface area contributed by atoms with Crippen molar-refractivity contribution in [3.8, 4) is 0 Å². The number of hydrogen-bond acceptors (Lipinski definition) is 4. The van der Waals surface area contributed by atoms with Gasteiger partial charge in [-0.3, -0.25) is 4.98 Å². The van der Waals surface area contributed by atoms with Gasteiger partial charge < -0.3 is 5.11 Å². The highest BCUT2D eigenvalue weighted by Gasteiger charge is 2.40. The topological polar surface area (TPSA) is 79.3 Å². The summed E-state index contributed by atoms with van der Waals surface area (Å²) in [6.45, 7) is 1.92. The summed E-state index contributed by atoms with van der Waals surface area (Å²) in [7, 11) is -3.64. The molecule has 1 aliphatic carbocycles. The molecule has 2 aromatic rings. The van der Waals surface area contributed by atoms with Gasteiger partial charge in [0.2, 0.25) is 10.0 Å². The van der Waals surface area contributed by atoms with Crippen LogP contribution >= 0.6 is 0 Å². The van der Waals surface area contributed by atoms with E-state index in [1.54, 1.807) is 30.6 Å². The van der Waals surface area contributed by atoms with Crippen LogP contribution in [0.15, 0.2) is 41.6 Å². The molecule has 1 aromatic heterocycles. The lowest BCUT2D eigenvalue weighted by molar-refractivity contribution is 0.127. The molecule has 1 saturated carbocycles. The lowest BCUT2D eigenvalue weighted by Crippen LogP contribution is -2.44. The van der Waals surface area contributed by atoms with Crippen LogP contribution < -0.4 is 4.72 Å². The van der Waals surface area contributed by atoms with Crippen LogP contribution in [0.1, 0.15) is 26.2 Å². The lowest BCUT2D eigenvalue weighted by Gasteiger charge is -2.30. The van der Waals surface area contributed by atoms with E-state index in [-0.39, 0.29) is 23.0 Å². The Labute approximate surface area is 130 Å². The smallest absolute Gasteiger partial charge is 0.241 e. The first kappa shape index (κ1) is 15.4. The number of rotatable bonds is 4. The van der Waals surface area contributed by atoms with E-state index in [1.807, 2.05) is 13.0 Å². The van der Waals surface area contributed by atoms with Crippen molar-refractivity contribution in [1.82, 2.24) is 9.71 Å². The van der Waals surface area contributed by atoms with Gasteiger partial charge in [0.15, 0.2) is 0 Å². The lowest BCUT2D eigenvalue weighted by atomic mass is 9.86. The Hall–Kier alpha value is -1.50. The predicted octanol–water partition coefficient (Wildman–Crippen LogP) is 2.06. The number of sulfonamides is 1. The van der Waals surface area contributed by atoms with E-state index in [0.717, 1.165) is 24.6 Å². The van der Waals surface area contributed by atoms with Crippen LogP contribution in [0.4, 0.5) is 0 Å². The van der Waals surface area contributed by atoms with Crippen LogP contribution in [0.2, 0.25) is 0 Å². The molecule has 1 fully saturated rings. The van der Waals surface area contributed by atoms with Gasteiger partial charge in [-0.05, 0) is 25.0 Å². The molecule has 22 heavy (non-hydrogen) atoms. The molecule has 0 bridgehead atoms. The SMILES string of the molecule is C[C@@]1(CO)CCC[C@H]1NS(=O)(=O)c1cccc2cnccc12. The highest BCUT2D eigenvalue weighted by atomic mass is 32.2. The number of fused-ring (bicyclic) bond motifs is 1. The quantitative estimate of drug-likeness (QED) is 0.904. The van der Waals surface area contributed by atoms with Crippen LogP contribution in [0.25, 0.3) is 10.8 Å². The summed E-state index contributed by atoms with van der Waals surface area (Å²) in [4.78, 5) is 4.29. The third kappa shape index (κ3) is 2.62. The molecule has 2 N–H and O–H groups in total. The van der Waals surface area contributed by atoms with Crippen molar-refractivity contribution >= 4 is 20.8 Å². The summed E-state index contributed by atoms with van der Waals surface area (Å²) in [6, 6.07) is 6.65. The van der Waals surface area contributed by atoms with E-state index in [4.69, 9.17) is 0 Å². The van der Waals surface area contributed by atoms with Gasteiger partial charge in [-0.1, -0.05) is 25.5 Å². The van der Waals surface area contributed by atoms with Gasteiger partial charge in [-0.2, -0.15) is 0 Å². The minimum Gasteiger partial charge on any atom is -0.396 e. The zero-order chi connectivity index (χ0) is 15.8. The van der Waals surface area contributed by atoms with E-state index >= 15 is 0 Å². The molecule has 118 valence electrons. The number of nitrogens with zero attached hydrogens (tertiary/aromatic N) is 1. The third-order valence-corrected chi connectivity index (χ3v) is 6.20. The van der Waals surface area contributed by atoms with Crippen LogP contribution in [0.3, 0.4) is 0 Å². The maximum Gasteiger partial charge on any atom is 0.241 e. The molecule has 2 atom stereocenters. The molecule has 1 heterocycles. The molecule has 0 amide bonds. The molecule has 0 spiro atoms. The Morgan fingerprint density at radius 2 is 2.23 bits per heavy atom. The maximum absolute atomic E-state index is 12.8. The number of aliphatic hydroxyl groups is 1. The molecule has 0 saturated heterocycles. The molecule has 6 heteroatoms.